The Balaban J connectivity index is 2.39. The maximum atomic E-state index is 13.6. The molecule has 1 aromatic carbocycles. The average molecular weight is 317 g/mol. The minimum atomic E-state index is -3.64. The van der Waals surface area contributed by atoms with Crippen LogP contribution in [-0.2, 0) is 9.53 Å². The molecule has 3 atom stereocenters. The van der Waals surface area contributed by atoms with Crippen molar-refractivity contribution >= 4 is 23.2 Å². The van der Waals surface area contributed by atoms with Crippen molar-refractivity contribution in [1.82, 2.24) is 0 Å². The Morgan fingerprint density at radius 1 is 1.29 bits per heavy atom. The third-order valence-electron chi connectivity index (χ3n) is 3.79. The second-order valence-electron chi connectivity index (χ2n) is 5.13. The summed E-state index contributed by atoms with van der Waals surface area (Å²) >= 11 is 5.13. The first-order valence-electron chi connectivity index (χ1n) is 6.55. The maximum Gasteiger partial charge on any atom is 0.325 e. The van der Waals surface area contributed by atoms with E-state index in [0.717, 1.165) is 0 Å². The molecule has 1 aliphatic carbocycles. The van der Waals surface area contributed by atoms with Crippen LogP contribution in [-0.4, -0.2) is 30.2 Å². The largest absolute Gasteiger partial charge is 0.380 e. The number of rotatable bonds is 4. The fraction of sp³-hybridized carbons (Fsp3) is 0.467. The number of carbonyl (C=O) groups excluding carboxylic acids is 2. The van der Waals surface area contributed by atoms with Gasteiger partial charge in [-0.15, -0.1) is 0 Å². The quantitative estimate of drug-likeness (QED) is 0.632. The number of ether oxygens (including phenoxy) is 1. The average Bonchev–Trinajstić information content (AvgIpc) is 2.45. The SMILES string of the molecule is COC1CC(=O)C[C@H](C(F)(F)Cl)[C@H]1C(=O)c1ccccc1. The Hall–Kier alpha value is -1.33. The molecule has 1 saturated carbocycles. The number of alkyl halides is 3. The maximum absolute atomic E-state index is 13.6. The van der Waals surface area contributed by atoms with Crippen LogP contribution >= 0.6 is 11.6 Å². The van der Waals surface area contributed by atoms with E-state index in [1.54, 1.807) is 30.3 Å². The van der Waals surface area contributed by atoms with Gasteiger partial charge in [0.05, 0.1) is 17.9 Å². The van der Waals surface area contributed by atoms with Gasteiger partial charge in [0.2, 0.25) is 0 Å². The van der Waals surface area contributed by atoms with Crippen LogP contribution in [0, 0.1) is 11.8 Å². The molecular weight excluding hydrogens is 302 g/mol. The van der Waals surface area contributed by atoms with E-state index < -0.39 is 35.5 Å². The summed E-state index contributed by atoms with van der Waals surface area (Å²) in [6.45, 7) is 0. The summed E-state index contributed by atoms with van der Waals surface area (Å²) in [4.78, 5) is 24.2. The molecule has 0 aromatic heterocycles. The third kappa shape index (κ3) is 3.47. The van der Waals surface area contributed by atoms with Crippen molar-refractivity contribution in [2.24, 2.45) is 11.8 Å². The second-order valence-corrected chi connectivity index (χ2v) is 5.63. The van der Waals surface area contributed by atoms with E-state index in [0.29, 0.717) is 5.56 Å². The minimum Gasteiger partial charge on any atom is -0.380 e. The Bertz CT molecular complexity index is 527. The van der Waals surface area contributed by atoms with Crippen LogP contribution in [0.3, 0.4) is 0 Å². The molecule has 0 spiro atoms. The van der Waals surface area contributed by atoms with E-state index in [1.165, 1.54) is 7.11 Å². The van der Waals surface area contributed by atoms with E-state index >= 15 is 0 Å². The van der Waals surface area contributed by atoms with Crippen molar-refractivity contribution in [1.29, 1.82) is 0 Å². The zero-order valence-electron chi connectivity index (χ0n) is 11.4. The minimum absolute atomic E-state index is 0.0524. The smallest absolute Gasteiger partial charge is 0.325 e. The second kappa shape index (κ2) is 6.20. The van der Waals surface area contributed by atoms with Crippen molar-refractivity contribution in [3.8, 4) is 0 Å². The fourth-order valence-electron chi connectivity index (χ4n) is 2.76. The van der Waals surface area contributed by atoms with Gasteiger partial charge in [0.1, 0.15) is 5.78 Å². The van der Waals surface area contributed by atoms with Crippen molar-refractivity contribution < 1.29 is 23.1 Å². The first-order valence-corrected chi connectivity index (χ1v) is 6.93. The highest BCUT2D eigenvalue weighted by atomic mass is 35.5. The predicted octanol–water partition coefficient (Wildman–Crippen LogP) is 3.31. The summed E-state index contributed by atoms with van der Waals surface area (Å²) in [7, 11) is 1.30. The lowest BCUT2D eigenvalue weighted by molar-refractivity contribution is -0.134. The van der Waals surface area contributed by atoms with Crippen LogP contribution < -0.4 is 0 Å². The van der Waals surface area contributed by atoms with Gasteiger partial charge in [-0.25, -0.2) is 0 Å². The summed E-state index contributed by atoms with van der Waals surface area (Å²) in [6, 6.07) is 8.13. The Kier molecular flexibility index (Phi) is 4.74. The molecule has 1 aromatic rings. The van der Waals surface area contributed by atoms with E-state index in [9.17, 15) is 18.4 Å². The highest BCUT2D eigenvalue weighted by Gasteiger charge is 2.52. The number of carbonyl (C=O) groups is 2. The predicted molar refractivity (Wildman–Crippen MR) is 73.6 cm³/mol. The van der Waals surface area contributed by atoms with Crippen LogP contribution in [0.2, 0.25) is 0 Å². The van der Waals surface area contributed by atoms with Crippen molar-refractivity contribution in [3.05, 3.63) is 35.9 Å². The molecule has 0 saturated heterocycles. The molecule has 0 N–H and O–H groups in total. The van der Waals surface area contributed by atoms with Crippen LogP contribution in [0.25, 0.3) is 0 Å². The summed E-state index contributed by atoms with van der Waals surface area (Å²) in [6.07, 6.45) is -1.35. The zero-order chi connectivity index (χ0) is 15.6. The number of hydrogen-bond acceptors (Lipinski definition) is 3. The summed E-state index contributed by atoms with van der Waals surface area (Å²) < 4.78 is 32.4. The standard InChI is InChI=1S/C15H15ClF2O3/c1-21-12-8-10(19)7-11(15(16,17)18)13(12)14(20)9-5-3-2-4-6-9/h2-6,11-13H,7-8H2,1H3/t11-,12?,13+/m0/s1. The van der Waals surface area contributed by atoms with Crippen LogP contribution in [0.5, 0.6) is 0 Å². The summed E-state index contributed by atoms with van der Waals surface area (Å²) in [5.41, 5.74) is 0.310. The topological polar surface area (TPSA) is 43.4 Å². The van der Waals surface area contributed by atoms with Crippen LogP contribution in [0.4, 0.5) is 8.78 Å². The van der Waals surface area contributed by atoms with Crippen molar-refractivity contribution in [2.75, 3.05) is 7.11 Å². The molecule has 0 aliphatic heterocycles. The Morgan fingerprint density at radius 3 is 2.43 bits per heavy atom. The van der Waals surface area contributed by atoms with Gasteiger partial charge in [0.25, 0.3) is 0 Å². The Labute approximate surface area is 126 Å². The highest BCUT2D eigenvalue weighted by Crippen LogP contribution is 2.44. The number of benzene rings is 1. The molecule has 3 nitrogen and oxygen atoms in total. The first kappa shape index (κ1) is 16.0. The molecule has 1 fully saturated rings. The van der Waals surface area contributed by atoms with Gasteiger partial charge in [-0.2, -0.15) is 8.78 Å². The van der Waals surface area contributed by atoms with E-state index in [1.807, 2.05) is 0 Å². The molecule has 114 valence electrons. The number of methoxy groups -OCH3 is 1. The van der Waals surface area contributed by atoms with Crippen molar-refractivity contribution in [2.45, 2.75) is 24.3 Å². The molecule has 0 heterocycles. The monoisotopic (exact) mass is 316 g/mol. The molecular formula is C15H15ClF2O3. The molecule has 6 heteroatoms. The Morgan fingerprint density at radius 2 is 1.90 bits per heavy atom. The molecule has 1 aliphatic rings. The molecule has 21 heavy (non-hydrogen) atoms. The van der Waals surface area contributed by atoms with Crippen LogP contribution in [0.1, 0.15) is 23.2 Å². The van der Waals surface area contributed by atoms with Gasteiger partial charge < -0.3 is 4.74 Å². The lowest BCUT2D eigenvalue weighted by atomic mass is 9.73. The van der Waals surface area contributed by atoms with Gasteiger partial charge >= 0.3 is 5.38 Å². The fourth-order valence-corrected chi connectivity index (χ4v) is 2.97. The number of hydrogen-bond donors (Lipinski definition) is 0. The van der Waals surface area contributed by atoms with Gasteiger partial charge in [-0.1, -0.05) is 30.3 Å². The molecule has 0 amide bonds. The summed E-state index contributed by atoms with van der Waals surface area (Å²) in [5, 5.41) is -3.64. The van der Waals surface area contributed by atoms with E-state index in [2.05, 4.69) is 0 Å². The molecule has 0 bridgehead atoms. The molecule has 2 rings (SSSR count). The number of halogens is 3. The van der Waals surface area contributed by atoms with Gasteiger partial charge in [-0.3, -0.25) is 9.59 Å². The molecule has 1 unspecified atom stereocenters. The van der Waals surface area contributed by atoms with Gasteiger partial charge in [-0.05, 0) is 11.6 Å². The highest BCUT2D eigenvalue weighted by molar-refractivity contribution is 6.22. The third-order valence-corrected chi connectivity index (χ3v) is 4.08. The zero-order valence-corrected chi connectivity index (χ0v) is 12.1. The van der Waals surface area contributed by atoms with E-state index in [-0.39, 0.29) is 12.2 Å². The molecule has 0 radical (unpaired) electrons. The lowest BCUT2D eigenvalue weighted by Crippen LogP contribution is -2.47. The normalized spacial score (nSPS) is 26.7. The van der Waals surface area contributed by atoms with Crippen LogP contribution in [0.15, 0.2) is 30.3 Å². The summed E-state index contributed by atoms with van der Waals surface area (Å²) in [5.74, 6) is -3.54. The first-order chi connectivity index (χ1) is 9.84. The van der Waals surface area contributed by atoms with Gasteiger partial charge in [0, 0.05) is 25.5 Å². The number of Topliss-reactive ketones (excluding diaryl/α,β-unsaturated/α-hetero) is 2. The van der Waals surface area contributed by atoms with E-state index in [4.69, 9.17) is 16.3 Å². The van der Waals surface area contributed by atoms with Crippen molar-refractivity contribution in [3.63, 3.8) is 0 Å². The lowest BCUT2D eigenvalue weighted by Gasteiger charge is -2.37. The number of ketones is 2. The van der Waals surface area contributed by atoms with Gasteiger partial charge in [0.15, 0.2) is 5.78 Å².